The number of piperazine rings is 1. The predicted octanol–water partition coefficient (Wildman–Crippen LogP) is -0.229. The van der Waals surface area contributed by atoms with E-state index in [4.69, 9.17) is 0 Å². The van der Waals surface area contributed by atoms with Gasteiger partial charge in [-0.3, -0.25) is 24.6 Å². The van der Waals surface area contributed by atoms with Crippen LogP contribution in [0.1, 0.15) is 32.1 Å². The van der Waals surface area contributed by atoms with E-state index in [1.54, 1.807) is 10.9 Å². The van der Waals surface area contributed by atoms with E-state index >= 15 is 0 Å². The van der Waals surface area contributed by atoms with Crippen molar-refractivity contribution in [3.05, 3.63) is 12.5 Å². The zero-order valence-electron chi connectivity index (χ0n) is 18.1. The number of amides is 4. The van der Waals surface area contributed by atoms with Gasteiger partial charge in [0.25, 0.3) is 11.8 Å². The maximum Gasteiger partial charge on any atom is 0.344 e. The first kappa shape index (κ1) is 20.6. The molecule has 1 spiro atoms. The van der Waals surface area contributed by atoms with Crippen LogP contribution in [0, 0.1) is 0 Å². The molecule has 2 aromatic heterocycles. The highest BCUT2D eigenvalue weighted by atomic mass is 16.2. The van der Waals surface area contributed by atoms with Crippen LogP contribution in [0.25, 0.3) is 11.0 Å². The molecule has 32 heavy (non-hydrogen) atoms. The molecule has 2 aliphatic heterocycles. The summed E-state index contributed by atoms with van der Waals surface area (Å²) in [6, 6.07) is -0.542. The summed E-state index contributed by atoms with van der Waals surface area (Å²) in [4.78, 5) is 50.6. The molecule has 12 nitrogen and oxygen atoms in total. The van der Waals surface area contributed by atoms with E-state index in [2.05, 4.69) is 30.7 Å². The van der Waals surface area contributed by atoms with Gasteiger partial charge in [0.15, 0.2) is 5.65 Å². The van der Waals surface area contributed by atoms with Gasteiger partial charge in [-0.25, -0.2) is 14.8 Å². The van der Waals surface area contributed by atoms with Crippen LogP contribution in [-0.4, -0.2) is 85.8 Å². The topological polar surface area (TPSA) is 129 Å². The van der Waals surface area contributed by atoms with E-state index in [-0.39, 0.29) is 18.4 Å². The van der Waals surface area contributed by atoms with Crippen LogP contribution in [-0.2, 0) is 16.6 Å². The first-order valence-corrected chi connectivity index (χ1v) is 11.0. The fourth-order valence-corrected chi connectivity index (χ4v) is 4.90. The smallest absolute Gasteiger partial charge is 0.344 e. The maximum absolute atomic E-state index is 12.8. The van der Waals surface area contributed by atoms with Gasteiger partial charge in [0.1, 0.15) is 17.7 Å². The van der Waals surface area contributed by atoms with Gasteiger partial charge in [-0.05, 0) is 12.8 Å². The molecule has 1 saturated carbocycles. The normalized spacial score (nSPS) is 21.4. The Bertz CT molecular complexity index is 1050. The van der Waals surface area contributed by atoms with Crippen molar-refractivity contribution in [1.82, 2.24) is 40.4 Å². The quantitative estimate of drug-likeness (QED) is 0.623. The summed E-state index contributed by atoms with van der Waals surface area (Å²) in [5.41, 5.74) is 2.45. The number of carbonyl (C=O) groups is 3. The van der Waals surface area contributed by atoms with Crippen molar-refractivity contribution < 1.29 is 14.4 Å². The van der Waals surface area contributed by atoms with Crippen molar-refractivity contribution in [2.75, 3.05) is 37.6 Å². The maximum atomic E-state index is 12.8. The van der Waals surface area contributed by atoms with Gasteiger partial charge in [0.2, 0.25) is 0 Å². The van der Waals surface area contributed by atoms with E-state index < -0.39 is 11.6 Å². The Balaban J connectivity index is 1.16. The fourth-order valence-electron chi connectivity index (χ4n) is 4.90. The fraction of sp³-hybridized carbons (Fsp3) is 0.600. The minimum Gasteiger partial charge on any atom is -0.353 e. The molecular weight excluding hydrogens is 414 g/mol. The largest absolute Gasteiger partial charge is 0.353 e. The lowest BCUT2D eigenvalue weighted by molar-refractivity contribution is -0.140. The van der Waals surface area contributed by atoms with Crippen LogP contribution in [0.15, 0.2) is 12.5 Å². The SMILES string of the molecule is Cn1ncc2c(N3CCN(CC(=O)NN4C(=O)NC5(CCCCC5)C4=O)CC3)ncnc21. The second-order valence-electron chi connectivity index (χ2n) is 8.71. The summed E-state index contributed by atoms with van der Waals surface area (Å²) in [5.74, 6) is 0.125. The molecule has 4 heterocycles. The number of nitrogens with zero attached hydrogens (tertiary/aromatic N) is 7. The summed E-state index contributed by atoms with van der Waals surface area (Å²) in [6.07, 6.45) is 7.41. The third-order valence-corrected chi connectivity index (χ3v) is 6.65. The van der Waals surface area contributed by atoms with Crippen LogP contribution < -0.4 is 15.6 Å². The molecule has 2 N–H and O–H groups in total. The van der Waals surface area contributed by atoms with Crippen molar-refractivity contribution in [1.29, 1.82) is 0 Å². The number of hydrogen-bond acceptors (Lipinski definition) is 8. The Hall–Kier alpha value is -3.28. The molecule has 2 saturated heterocycles. The van der Waals surface area contributed by atoms with Crippen molar-refractivity contribution in [2.24, 2.45) is 7.05 Å². The summed E-state index contributed by atoms with van der Waals surface area (Å²) < 4.78 is 1.72. The number of carbonyl (C=O) groups excluding carboxylic acids is 3. The van der Waals surface area contributed by atoms with Gasteiger partial charge in [-0.2, -0.15) is 10.1 Å². The lowest BCUT2D eigenvalue weighted by Crippen LogP contribution is -2.54. The number of aromatic nitrogens is 4. The van der Waals surface area contributed by atoms with Crippen molar-refractivity contribution >= 4 is 34.7 Å². The first-order chi connectivity index (χ1) is 15.5. The highest BCUT2D eigenvalue weighted by molar-refractivity contribution is 6.08. The number of hydrazine groups is 1. The van der Waals surface area contributed by atoms with Crippen LogP contribution in [0.2, 0.25) is 0 Å². The van der Waals surface area contributed by atoms with Crippen molar-refractivity contribution in [2.45, 2.75) is 37.6 Å². The number of anilines is 1. The number of nitrogens with one attached hydrogen (secondary N) is 2. The molecule has 0 aromatic carbocycles. The van der Waals surface area contributed by atoms with Crippen LogP contribution >= 0.6 is 0 Å². The zero-order valence-corrected chi connectivity index (χ0v) is 18.1. The second kappa shape index (κ2) is 8.01. The first-order valence-electron chi connectivity index (χ1n) is 11.0. The summed E-state index contributed by atoms with van der Waals surface area (Å²) >= 11 is 0. The van der Waals surface area contributed by atoms with Gasteiger partial charge in [0, 0.05) is 33.2 Å². The average molecular weight is 441 g/mol. The highest BCUT2D eigenvalue weighted by Gasteiger charge is 2.52. The van der Waals surface area contributed by atoms with Gasteiger partial charge >= 0.3 is 6.03 Å². The number of fused-ring (bicyclic) bond motifs is 1. The Kier molecular flexibility index (Phi) is 5.16. The molecule has 3 aliphatic rings. The lowest BCUT2D eigenvalue weighted by atomic mass is 9.82. The zero-order chi connectivity index (χ0) is 22.3. The number of urea groups is 1. The van der Waals surface area contributed by atoms with Gasteiger partial charge in [-0.1, -0.05) is 19.3 Å². The van der Waals surface area contributed by atoms with E-state index in [1.807, 2.05) is 11.9 Å². The second-order valence-corrected chi connectivity index (χ2v) is 8.71. The Morgan fingerprint density at radius 1 is 1.12 bits per heavy atom. The number of aryl methyl sites for hydroxylation is 1. The molecular formula is C20H27N9O3. The third-order valence-electron chi connectivity index (χ3n) is 6.65. The number of imide groups is 1. The minimum atomic E-state index is -0.844. The predicted molar refractivity (Wildman–Crippen MR) is 114 cm³/mol. The molecule has 3 fully saturated rings. The van der Waals surface area contributed by atoms with E-state index in [0.29, 0.717) is 39.0 Å². The van der Waals surface area contributed by atoms with Gasteiger partial charge in [-0.15, -0.1) is 0 Å². The van der Waals surface area contributed by atoms with Crippen LogP contribution in [0.3, 0.4) is 0 Å². The number of hydrogen-bond donors (Lipinski definition) is 2. The Labute approximate surface area is 184 Å². The van der Waals surface area contributed by atoms with Crippen LogP contribution in [0.4, 0.5) is 10.6 Å². The lowest BCUT2D eigenvalue weighted by Gasteiger charge is -2.35. The monoisotopic (exact) mass is 441 g/mol. The van der Waals surface area contributed by atoms with Crippen LogP contribution in [0.5, 0.6) is 0 Å². The minimum absolute atomic E-state index is 0.115. The molecule has 170 valence electrons. The molecule has 0 radical (unpaired) electrons. The molecule has 0 unspecified atom stereocenters. The van der Waals surface area contributed by atoms with Crippen molar-refractivity contribution in [3.8, 4) is 0 Å². The third kappa shape index (κ3) is 3.53. The van der Waals surface area contributed by atoms with E-state index in [0.717, 1.165) is 41.1 Å². The molecule has 0 bridgehead atoms. The Morgan fingerprint density at radius 3 is 2.62 bits per heavy atom. The summed E-state index contributed by atoms with van der Waals surface area (Å²) in [5, 5.41) is 8.82. The molecule has 1 aliphatic carbocycles. The van der Waals surface area contributed by atoms with Crippen molar-refractivity contribution in [3.63, 3.8) is 0 Å². The van der Waals surface area contributed by atoms with Gasteiger partial charge in [0.05, 0.1) is 18.1 Å². The standard InChI is InChI=1S/C20H27N9O3/c1-26-16-14(11-23-26)17(22-13-21-16)28-9-7-27(8-10-28)12-15(30)25-29-18(31)20(24-19(29)32)5-3-2-4-6-20/h11,13H,2-10,12H2,1H3,(H,24,32)(H,25,30). The molecule has 2 aromatic rings. The van der Waals surface area contributed by atoms with Gasteiger partial charge < -0.3 is 10.2 Å². The average Bonchev–Trinajstić information content (AvgIpc) is 3.28. The molecule has 0 atom stereocenters. The van der Waals surface area contributed by atoms with E-state index in [9.17, 15) is 14.4 Å². The number of rotatable bonds is 4. The van der Waals surface area contributed by atoms with E-state index in [1.165, 1.54) is 6.33 Å². The highest BCUT2D eigenvalue weighted by Crippen LogP contribution is 2.33. The molecule has 4 amide bonds. The summed E-state index contributed by atoms with van der Waals surface area (Å²) in [6.45, 7) is 2.82. The Morgan fingerprint density at radius 2 is 1.88 bits per heavy atom. The molecule has 12 heteroatoms. The molecule has 5 rings (SSSR count). The summed E-state index contributed by atoms with van der Waals surface area (Å²) in [7, 11) is 1.84.